The summed E-state index contributed by atoms with van der Waals surface area (Å²) in [7, 11) is 1.63. The van der Waals surface area contributed by atoms with Crippen molar-refractivity contribution < 1.29 is 13.9 Å². The summed E-state index contributed by atoms with van der Waals surface area (Å²) >= 11 is 0. The lowest BCUT2D eigenvalue weighted by Crippen LogP contribution is -2.36. The third kappa shape index (κ3) is 6.68. The average molecular weight is 360 g/mol. The van der Waals surface area contributed by atoms with E-state index in [0.29, 0.717) is 38.1 Å². The zero-order valence-corrected chi connectivity index (χ0v) is 15.2. The molecule has 2 N–H and O–H groups in total. The molecule has 0 amide bonds. The SMILES string of the molecule is CCNC(=NCc1cccc(F)c1)NCc1cccnc1OCCOC. The van der Waals surface area contributed by atoms with Gasteiger partial charge >= 0.3 is 0 Å². The van der Waals surface area contributed by atoms with Gasteiger partial charge in [-0.15, -0.1) is 0 Å². The topological polar surface area (TPSA) is 67.8 Å². The van der Waals surface area contributed by atoms with E-state index >= 15 is 0 Å². The first-order valence-electron chi connectivity index (χ1n) is 8.55. The fraction of sp³-hybridized carbons (Fsp3) is 0.368. The highest BCUT2D eigenvalue weighted by atomic mass is 19.1. The number of aromatic nitrogens is 1. The lowest BCUT2D eigenvalue weighted by Gasteiger charge is -2.14. The number of aliphatic imine (C=N–C) groups is 1. The lowest BCUT2D eigenvalue weighted by molar-refractivity contribution is 0.143. The van der Waals surface area contributed by atoms with Crippen molar-refractivity contribution in [3.63, 3.8) is 0 Å². The van der Waals surface area contributed by atoms with E-state index in [9.17, 15) is 4.39 Å². The summed E-state index contributed by atoms with van der Waals surface area (Å²) in [5, 5.41) is 6.42. The molecule has 0 saturated carbocycles. The molecule has 7 heteroatoms. The highest BCUT2D eigenvalue weighted by Crippen LogP contribution is 2.13. The Bertz CT molecular complexity index is 709. The molecule has 0 saturated heterocycles. The molecule has 0 atom stereocenters. The Kier molecular flexibility index (Phi) is 8.35. The lowest BCUT2D eigenvalue weighted by atomic mass is 10.2. The Morgan fingerprint density at radius 3 is 2.85 bits per heavy atom. The Morgan fingerprint density at radius 2 is 2.08 bits per heavy atom. The molecule has 0 fully saturated rings. The molecule has 1 heterocycles. The van der Waals surface area contributed by atoms with Crippen LogP contribution < -0.4 is 15.4 Å². The van der Waals surface area contributed by atoms with Crippen molar-refractivity contribution in [2.45, 2.75) is 20.0 Å². The summed E-state index contributed by atoms with van der Waals surface area (Å²) in [4.78, 5) is 8.75. The molecule has 1 aromatic heterocycles. The minimum Gasteiger partial charge on any atom is -0.475 e. The van der Waals surface area contributed by atoms with Gasteiger partial charge in [0.05, 0.1) is 13.2 Å². The maximum atomic E-state index is 13.3. The van der Waals surface area contributed by atoms with Crippen molar-refractivity contribution in [3.8, 4) is 5.88 Å². The molecule has 0 spiro atoms. The van der Waals surface area contributed by atoms with E-state index in [1.54, 1.807) is 19.4 Å². The first kappa shape index (κ1) is 19.7. The van der Waals surface area contributed by atoms with Gasteiger partial charge in [-0.05, 0) is 30.7 Å². The number of guanidine groups is 1. The van der Waals surface area contributed by atoms with Gasteiger partial charge in [0.2, 0.25) is 5.88 Å². The molecular formula is C19H25FN4O2. The first-order valence-corrected chi connectivity index (χ1v) is 8.55. The number of nitrogens with one attached hydrogen (secondary N) is 2. The molecule has 0 radical (unpaired) electrons. The molecule has 0 aliphatic heterocycles. The van der Waals surface area contributed by atoms with Gasteiger partial charge in [0.25, 0.3) is 0 Å². The number of benzene rings is 1. The van der Waals surface area contributed by atoms with Crippen molar-refractivity contribution in [2.24, 2.45) is 4.99 Å². The normalized spacial score (nSPS) is 11.3. The molecule has 0 aliphatic carbocycles. The van der Waals surface area contributed by atoms with Gasteiger partial charge in [-0.3, -0.25) is 0 Å². The van der Waals surface area contributed by atoms with Crippen molar-refractivity contribution in [3.05, 3.63) is 59.5 Å². The number of rotatable bonds is 9. The fourth-order valence-corrected chi connectivity index (χ4v) is 2.24. The average Bonchev–Trinajstić information content (AvgIpc) is 2.65. The van der Waals surface area contributed by atoms with Crippen LogP contribution in [0.3, 0.4) is 0 Å². The van der Waals surface area contributed by atoms with Gasteiger partial charge in [-0.1, -0.05) is 18.2 Å². The van der Waals surface area contributed by atoms with E-state index in [1.807, 2.05) is 25.1 Å². The minimum absolute atomic E-state index is 0.260. The van der Waals surface area contributed by atoms with Gasteiger partial charge in [-0.2, -0.15) is 0 Å². The number of nitrogens with zero attached hydrogens (tertiary/aromatic N) is 2. The standard InChI is InChI=1S/C19H25FN4O2/c1-3-21-19(23-13-15-6-4-8-17(20)12-15)24-14-16-7-5-9-22-18(16)26-11-10-25-2/h4-9,12H,3,10-11,13-14H2,1-2H3,(H2,21,23,24). The van der Waals surface area contributed by atoms with Crippen molar-refractivity contribution in [1.82, 2.24) is 15.6 Å². The second kappa shape index (κ2) is 11.0. The summed E-state index contributed by atoms with van der Waals surface area (Å²) in [5.74, 6) is 0.949. The van der Waals surface area contributed by atoms with Gasteiger partial charge in [0, 0.05) is 32.0 Å². The van der Waals surface area contributed by atoms with Crippen LogP contribution in [0.2, 0.25) is 0 Å². The molecule has 0 bridgehead atoms. The summed E-state index contributed by atoms with van der Waals surface area (Å²) in [6.45, 7) is 4.54. The van der Waals surface area contributed by atoms with Crippen LogP contribution in [0.4, 0.5) is 4.39 Å². The number of pyridine rings is 1. The Labute approximate surface area is 153 Å². The van der Waals surface area contributed by atoms with Crippen LogP contribution in [0.25, 0.3) is 0 Å². The molecule has 1 aromatic carbocycles. The monoisotopic (exact) mass is 360 g/mol. The third-order valence-corrected chi connectivity index (χ3v) is 3.48. The summed E-state index contributed by atoms with van der Waals surface area (Å²) in [6, 6.07) is 10.2. The van der Waals surface area contributed by atoms with Gasteiger partial charge in [-0.25, -0.2) is 14.4 Å². The van der Waals surface area contributed by atoms with Crippen LogP contribution in [0.1, 0.15) is 18.1 Å². The number of hydrogen-bond donors (Lipinski definition) is 2. The molecule has 6 nitrogen and oxygen atoms in total. The van der Waals surface area contributed by atoms with Crippen LogP contribution in [0.15, 0.2) is 47.6 Å². The van der Waals surface area contributed by atoms with E-state index in [0.717, 1.165) is 17.7 Å². The largest absolute Gasteiger partial charge is 0.475 e. The quantitative estimate of drug-likeness (QED) is 0.409. The van der Waals surface area contributed by atoms with Crippen LogP contribution in [0, 0.1) is 5.82 Å². The highest BCUT2D eigenvalue weighted by molar-refractivity contribution is 5.79. The zero-order chi connectivity index (χ0) is 18.6. The second-order valence-electron chi connectivity index (χ2n) is 5.49. The number of halogens is 1. The second-order valence-corrected chi connectivity index (χ2v) is 5.49. The van der Waals surface area contributed by atoms with E-state index in [2.05, 4.69) is 20.6 Å². The summed E-state index contributed by atoms with van der Waals surface area (Å²) in [5.41, 5.74) is 1.73. The van der Waals surface area contributed by atoms with Gasteiger partial charge in [0.15, 0.2) is 5.96 Å². The highest BCUT2D eigenvalue weighted by Gasteiger charge is 2.06. The number of methoxy groups -OCH3 is 1. The maximum absolute atomic E-state index is 13.3. The first-order chi connectivity index (χ1) is 12.7. The molecule has 0 unspecified atom stereocenters. The Morgan fingerprint density at radius 1 is 1.19 bits per heavy atom. The van der Waals surface area contributed by atoms with Gasteiger partial charge < -0.3 is 20.1 Å². The Hall–Kier alpha value is -2.67. The van der Waals surface area contributed by atoms with Crippen LogP contribution >= 0.6 is 0 Å². The van der Waals surface area contributed by atoms with E-state index < -0.39 is 0 Å². The molecule has 2 rings (SSSR count). The summed E-state index contributed by atoms with van der Waals surface area (Å²) in [6.07, 6.45) is 1.69. The van der Waals surface area contributed by atoms with Crippen LogP contribution in [0.5, 0.6) is 5.88 Å². The predicted octanol–water partition coefficient (Wildman–Crippen LogP) is 2.50. The van der Waals surface area contributed by atoms with Gasteiger partial charge in [0.1, 0.15) is 12.4 Å². The molecule has 26 heavy (non-hydrogen) atoms. The van der Waals surface area contributed by atoms with E-state index in [1.165, 1.54) is 12.1 Å². The van der Waals surface area contributed by atoms with E-state index in [4.69, 9.17) is 9.47 Å². The summed E-state index contributed by atoms with van der Waals surface area (Å²) < 4.78 is 23.9. The predicted molar refractivity (Wildman–Crippen MR) is 99.7 cm³/mol. The number of ether oxygens (including phenoxy) is 2. The van der Waals surface area contributed by atoms with Crippen molar-refractivity contribution in [2.75, 3.05) is 26.9 Å². The van der Waals surface area contributed by atoms with Crippen LogP contribution in [-0.2, 0) is 17.8 Å². The molecule has 2 aromatic rings. The molecular weight excluding hydrogens is 335 g/mol. The number of hydrogen-bond acceptors (Lipinski definition) is 4. The molecule has 140 valence electrons. The maximum Gasteiger partial charge on any atom is 0.218 e. The van der Waals surface area contributed by atoms with Crippen molar-refractivity contribution >= 4 is 5.96 Å². The third-order valence-electron chi connectivity index (χ3n) is 3.48. The fourth-order valence-electron chi connectivity index (χ4n) is 2.24. The van der Waals surface area contributed by atoms with Crippen LogP contribution in [-0.4, -0.2) is 37.8 Å². The van der Waals surface area contributed by atoms with Crippen molar-refractivity contribution in [1.29, 1.82) is 0 Å². The smallest absolute Gasteiger partial charge is 0.218 e. The zero-order valence-electron chi connectivity index (χ0n) is 15.2. The Balaban J connectivity index is 1.98. The molecule has 0 aliphatic rings. The van der Waals surface area contributed by atoms with E-state index in [-0.39, 0.29) is 5.82 Å². The minimum atomic E-state index is -0.260.